The number of hydrogen-bond acceptors (Lipinski definition) is 3. The number of rotatable bonds is 3. The number of carbonyl (C=O) groups excluding carboxylic acids is 1. The normalized spacial score (nSPS) is 23.3. The minimum Gasteiger partial charge on any atom is -0.478 e. The van der Waals surface area contributed by atoms with Crippen molar-refractivity contribution in [3.63, 3.8) is 0 Å². The highest BCUT2D eigenvalue weighted by Gasteiger charge is 2.45. The number of likely N-dealkylation sites (tertiary alicyclic amines) is 1. The highest BCUT2D eigenvalue weighted by atomic mass is 19.4. The molecule has 0 unspecified atom stereocenters. The molecule has 1 aromatic carbocycles. The molecule has 2 N–H and O–H groups in total. The largest absolute Gasteiger partial charge is 0.478 e. The zero-order chi connectivity index (χ0) is 21.5. The van der Waals surface area contributed by atoms with E-state index in [1.54, 1.807) is 17.0 Å². The molecule has 3 atom stereocenters. The number of alkyl halides is 3. The average molecular weight is 419 g/mol. The molecule has 30 heavy (non-hydrogen) atoms. The van der Waals surface area contributed by atoms with Crippen molar-refractivity contribution in [3.05, 3.63) is 59.3 Å². The van der Waals surface area contributed by atoms with Crippen molar-refractivity contribution in [1.29, 1.82) is 0 Å². The van der Waals surface area contributed by atoms with Crippen LogP contribution in [0.3, 0.4) is 0 Å². The van der Waals surface area contributed by atoms with Crippen molar-refractivity contribution >= 4 is 17.8 Å². The van der Waals surface area contributed by atoms with Gasteiger partial charge in [-0.2, -0.15) is 13.2 Å². The molecular weight excluding hydrogens is 399 g/mol. The smallest absolute Gasteiger partial charge is 0.416 e. The number of halogens is 3. The molecule has 158 valence electrons. The van der Waals surface area contributed by atoms with Crippen LogP contribution in [-0.4, -0.2) is 40.1 Å². The second-order valence-electron chi connectivity index (χ2n) is 7.81. The number of urea groups is 1. The van der Waals surface area contributed by atoms with E-state index in [1.165, 1.54) is 24.4 Å². The van der Waals surface area contributed by atoms with Gasteiger partial charge < -0.3 is 10.0 Å². The zero-order valence-electron chi connectivity index (χ0n) is 15.9. The van der Waals surface area contributed by atoms with Crippen LogP contribution in [-0.2, 0) is 6.18 Å². The van der Waals surface area contributed by atoms with Crippen molar-refractivity contribution in [2.24, 2.45) is 11.8 Å². The summed E-state index contributed by atoms with van der Waals surface area (Å²) in [4.78, 5) is 29.4. The van der Waals surface area contributed by atoms with E-state index in [1.807, 2.05) is 0 Å². The molecule has 1 aliphatic carbocycles. The van der Waals surface area contributed by atoms with E-state index in [0.29, 0.717) is 31.5 Å². The fourth-order valence-corrected chi connectivity index (χ4v) is 4.69. The van der Waals surface area contributed by atoms with E-state index in [-0.39, 0.29) is 29.1 Å². The fourth-order valence-electron chi connectivity index (χ4n) is 4.69. The quantitative estimate of drug-likeness (QED) is 0.770. The first-order valence-electron chi connectivity index (χ1n) is 9.64. The molecule has 1 saturated carbocycles. The highest BCUT2D eigenvalue weighted by Crippen LogP contribution is 2.48. The van der Waals surface area contributed by atoms with E-state index >= 15 is 0 Å². The molecule has 2 fully saturated rings. The Labute approximate surface area is 170 Å². The highest BCUT2D eigenvalue weighted by molar-refractivity contribution is 5.98. The van der Waals surface area contributed by atoms with Crippen molar-refractivity contribution in [2.45, 2.75) is 24.9 Å². The summed E-state index contributed by atoms with van der Waals surface area (Å²) in [5.41, 5.74) is -0.357. The first-order chi connectivity index (χ1) is 14.2. The van der Waals surface area contributed by atoms with Crippen LogP contribution in [0.15, 0.2) is 42.6 Å². The number of nitrogens with zero attached hydrogens (tertiary/aromatic N) is 2. The predicted octanol–water partition coefficient (Wildman–Crippen LogP) is 4.46. The third kappa shape index (κ3) is 3.83. The van der Waals surface area contributed by atoms with Gasteiger partial charge in [0.05, 0.1) is 5.56 Å². The maximum atomic E-state index is 13.3. The number of aromatic nitrogens is 1. The minimum atomic E-state index is -4.38. The van der Waals surface area contributed by atoms with Crippen LogP contribution in [0.2, 0.25) is 0 Å². The number of carboxylic acid groups (broad SMARTS) is 1. The molecule has 1 saturated heterocycles. The van der Waals surface area contributed by atoms with E-state index in [4.69, 9.17) is 0 Å². The van der Waals surface area contributed by atoms with Crippen LogP contribution in [0, 0.1) is 11.8 Å². The van der Waals surface area contributed by atoms with Crippen molar-refractivity contribution < 1.29 is 27.9 Å². The Balaban J connectivity index is 1.42. The van der Waals surface area contributed by atoms with Crippen molar-refractivity contribution in [3.8, 4) is 0 Å². The summed E-state index contributed by atoms with van der Waals surface area (Å²) in [6.07, 6.45) is -1.81. The molecule has 2 aromatic rings. The van der Waals surface area contributed by atoms with Gasteiger partial charge in [-0.3, -0.25) is 5.32 Å². The molecular formula is C21H20F3N3O3. The van der Waals surface area contributed by atoms with Crippen LogP contribution in [0.4, 0.5) is 23.8 Å². The molecule has 2 amide bonds. The van der Waals surface area contributed by atoms with Gasteiger partial charge in [-0.05, 0) is 54.4 Å². The number of carbonyl (C=O) groups is 2. The lowest BCUT2D eigenvalue weighted by Crippen LogP contribution is -2.34. The molecule has 4 rings (SSSR count). The van der Waals surface area contributed by atoms with Gasteiger partial charge in [0.1, 0.15) is 11.4 Å². The Morgan fingerprint density at radius 1 is 1.07 bits per heavy atom. The second kappa shape index (κ2) is 7.62. The third-order valence-corrected chi connectivity index (χ3v) is 6.01. The monoisotopic (exact) mass is 419 g/mol. The second-order valence-corrected chi connectivity index (χ2v) is 7.81. The van der Waals surface area contributed by atoms with Gasteiger partial charge in [0.15, 0.2) is 0 Å². The summed E-state index contributed by atoms with van der Waals surface area (Å²) < 4.78 is 40.0. The SMILES string of the molecule is O=C(O)c1cccnc1NC(=O)N1C[C@H]2C[C@H](c3ccccc3C(F)(F)F)C[C@H]2C1. The number of carboxylic acids is 1. The number of hydrogen-bond donors (Lipinski definition) is 2. The van der Waals surface area contributed by atoms with Crippen LogP contribution in [0.5, 0.6) is 0 Å². The molecule has 1 aromatic heterocycles. The van der Waals surface area contributed by atoms with Gasteiger partial charge in [0.2, 0.25) is 0 Å². The Hall–Kier alpha value is -3.10. The minimum absolute atomic E-state index is 0.0240. The summed E-state index contributed by atoms with van der Waals surface area (Å²) in [6.45, 7) is 0.854. The third-order valence-electron chi connectivity index (χ3n) is 6.01. The van der Waals surface area contributed by atoms with Gasteiger partial charge in [0.25, 0.3) is 0 Å². The summed E-state index contributed by atoms with van der Waals surface area (Å²) >= 11 is 0. The van der Waals surface area contributed by atoms with E-state index in [2.05, 4.69) is 10.3 Å². The van der Waals surface area contributed by atoms with Crippen molar-refractivity contribution in [1.82, 2.24) is 9.88 Å². The van der Waals surface area contributed by atoms with Crippen LogP contribution < -0.4 is 5.32 Å². The lowest BCUT2D eigenvalue weighted by molar-refractivity contribution is -0.138. The first-order valence-corrected chi connectivity index (χ1v) is 9.64. The van der Waals surface area contributed by atoms with Crippen LogP contribution >= 0.6 is 0 Å². The molecule has 0 radical (unpaired) electrons. The Bertz CT molecular complexity index is 965. The maximum absolute atomic E-state index is 13.3. The van der Waals surface area contributed by atoms with Gasteiger partial charge in [-0.25, -0.2) is 14.6 Å². The number of fused-ring (bicyclic) bond motifs is 1. The summed E-state index contributed by atoms with van der Waals surface area (Å²) in [7, 11) is 0. The number of amides is 2. The lowest BCUT2D eigenvalue weighted by Gasteiger charge is -2.22. The van der Waals surface area contributed by atoms with E-state index in [0.717, 1.165) is 6.07 Å². The molecule has 0 bridgehead atoms. The summed E-state index contributed by atoms with van der Waals surface area (Å²) in [5.74, 6) is -1.17. The number of anilines is 1. The van der Waals surface area contributed by atoms with Gasteiger partial charge in [-0.1, -0.05) is 18.2 Å². The van der Waals surface area contributed by atoms with Crippen LogP contribution in [0.25, 0.3) is 0 Å². The number of pyridine rings is 1. The number of aromatic carboxylic acids is 1. The van der Waals surface area contributed by atoms with E-state index < -0.39 is 23.7 Å². The van der Waals surface area contributed by atoms with Gasteiger partial charge >= 0.3 is 18.2 Å². The van der Waals surface area contributed by atoms with Crippen LogP contribution in [0.1, 0.15) is 40.2 Å². The molecule has 2 heterocycles. The Morgan fingerprint density at radius 2 is 1.73 bits per heavy atom. The first kappa shape index (κ1) is 20.2. The van der Waals surface area contributed by atoms with Gasteiger partial charge in [-0.15, -0.1) is 0 Å². The lowest BCUT2D eigenvalue weighted by atomic mass is 9.91. The molecule has 0 spiro atoms. The molecule has 2 aliphatic rings. The number of nitrogens with one attached hydrogen (secondary N) is 1. The fraction of sp³-hybridized carbons (Fsp3) is 0.381. The summed E-state index contributed by atoms with van der Waals surface area (Å²) in [6, 6.07) is 8.08. The zero-order valence-corrected chi connectivity index (χ0v) is 15.9. The Morgan fingerprint density at radius 3 is 2.37 bits per heavy atom. The topological polar surface area (TPSA) is 82.5 Å². The molecule has 1 aliphatic heterocycles. The van der Waals surface area contributed by atoms with Crippen molar-refractivity contribution in [2.75, 3.05) is 18.4 Å². The summed E-state index contributed by atoms with van der Waals surface area (Å²) in [5, 5.41) is 11.7. The Kier molecular flexibility index (Phi) is 5.13. The van der Waals surface area contributed by atoms with Gasteiger partial charge in [0, 0.05) is 19.3 Å². The predicted molar refractivity (Wildman–Crippen MR) is 102 cm³/mol. The molecule has 6 nitrogen and oxygen atoms in total. The van der Waals surface area contributed by atoms with E-state index in [9.17, 15) is 27.9 Å². The maximum Gasteiger partial charge on any atom is 0.416 e. The number of benzene rings is 1. The molecule has 9 heteroatoms. The standard InChI is InChI=1S/C21H20F3N3O3/c22-21(23,24)17-6-2-1-4-15(17)12-8-13-10-27(11-14(13)9-12)20(30)26-18-16(19(28)29)5-3-7-25-18/h1-7,12-14H,8-11H2,(H,28,29)(H,25,26,30)/t12-,13+,14-. The average Bonchev–Trinajstić information content (AvgIpc) is 3.27.